The summed E-state index contributed by atoms with van der Waals surface area (Å²) in [5, 5.41) is 9.18. The van der Waals surface area contributed by atoms with Gasteiger partial charge in [0, 0.05) is 4.90 Å². The number of rotatable bonds is 6. The molecule has 0 bridgehead atoms. The minimum absolute atomic E-state index is 0.280. The van der Waals surface area contributed by atoms with Gasteiger partial charge in [-0.15, -0.1) is 11.8 Å². The van der Waals surface area contributed by atoms with Crippen molar-refractivity contribution in [1.82, 2.24) is 0 Å². The molecule has 88 valence electrons. The number of aromatic carboxylic acids is 1. The molecule has 0 amide bonds. The highest BCUT2D eigenvalue weighted by molar-refractivity contribution is 7.99. The summed E-state index contributed by atoms with van der Waals surface area (Å²) in [5.41, 5.74) is 0.280. The number of ether oxygens (including phenoxy) is 1. The molecule has 0 aliphatic carbocycles. The molecule has 0 aliphatic rings. The molecule has 0 saturated carbocycles. The van der Waals surface area contributed by atoms with Gasteiger partial charge in [0.15, 0.2) is 0 Å². The fraction of sp³-hybridized carbons (Fsp3) is 0.417. The van der Waals surface area contributed by atoms with Crippen molar-refractivity contribution in [3.8, 4) is 5.75 Å². The number of carbonyl (C=O) groups is 1. The number of hydrogen-bond acceptors (Lipinski definition) is 3. The van der Waals surface area contributed by atoms with E-state index >= 15 is 0 Å². The smallest absolute Gasteiger partial charge is 0.340 e. The molecule has 16 heavy (non-hydrogen) atoms. The highest BCUT2D eigenvalue weighted by Crippen LogP contribution is 2.30. The summed E-state index contributed by atoms with van der Waals surface area (Å²) in [7, 11) is 0. The molecule has 3 nitrogen and oxygen atoms in total. The Morgan fingerprint density at radius 3 is 2.75 bits per heavy atom. The first-order chi connectivity index (χ1) is 7.70. The second-order valence-electron chi connectivity index (χ2n) is 3.22. The van der Waals surface area contributed by atoms with Gasteiger partial charge in [0.05, 0.1) is 6.61 Å². The van der Waals surface area contributed by atoms with E-state index in [4.69, 9.17) is 4.74 Å². The van der Waals surface area contributed by atoms with Gasteiger partial charge >= 0.3 is 5.97 Å². The van der Waals surface area contributed by atoms with Crippen molar-refractivity contribution < 1.29 is 14.6 Å². The van der Waals surface area contributed by atoms with Crippen LogP contribution in [0.3, 0.4) is 0 Å². The van der Waals surface area contributed by atoms with Crippen LogP contribution in [0.15, 0.2) is 23.1 Å². The molecule has 0 saturated heterocycles. The monoisotopic (exact) mass is 240 g/mol. The quantitative estimate of drug-likeness (QED) is 0.775. The molecule has 0 fully saturated rings. The Balaban J connectivity index is 3.05. The molecule has 0 radical (unpaired) electrons. The summed E-state index contributed by atoms with van der Waals surface area (Å²) in [6, 6.07) is 5.35. The van der Waals surface area contributed by atoms with Gasteiger partial charge in [-0.2, -0.15) is 0 Å². The molecule has 1 rings (SSSR count). The van der Waals surface area contributed by atoms with E-state index in [9.17, 15) is 9.90 Å². The molecule has 1 N–H and O–H groups in total. The molecule has 1 aromatic carbocycles. The molecule has 0 heterocycles. The molecule has 4 heteroatoms. The van der Waals surface area contributed by atoms with Gasteiger partial charge in [-0.25, -0.2) is 4.79 Å². The van der Waals surface area contributed by atoms with Crippen LogP contribution in [0.4, 0.5) is 0 Å². The van der Waals surface area contributed by atoms with E-state index in [2.05, 4.69) is 0 Å². The van der Waals surface area contributed by atoms with Crippen molar-refractivity contribution >= 4 is 17.7 Å². The summed E-state index contributed by atoms with van der Waals surface area (Å²) < 4.78 is 5.44. The van der Waals surface area contributed by atoms with Gasteiger partial charge in [0.1, 0.15) is 11.3 Å². The lowest BCUT2D eigenvalue weighted by molar-refractivity contribution is 0.0688. The van der Waals surface area contributed by atoms with Crippen LogP contribution < -0.4 is 4.74 Å². The first-order valence-corrected chi connectivity index (χ1v) is 6.31. The van der Waals surface area contributed by atoms with Gasteiger partial charge in [-0.3, -0.25) is 0 Å². The van der Waals surface area contributed by atoms with Gasteiger partial charge in [-0.05, 0) is 24.3 Å². The highest BCUT2D eigenvalue weighted by atomic mass is 32.2. The second kappa shape index (κ2) is 6.43. The number of benzene rings is 1. The third-order valence-corrected chi connectivity index (χ3v) is 2.90. The Hall–Kier alpha value is -1.16. The van der Waals surface area contributed by atoms with E-state index in [1.165, 1.54) is 11.8 Å². The predicted octanol–water partition coefficient (Wildman–Crippen LogP) is 3.29. The van der Waals surface area contributed by atoms with Crippen LogP contribution in [0.1, 0.15) is 30.6 Å². The first-order valence-electron chi connectivity index (χ1n) is 5.32. The molecular formula is C12H16O3S. The van der Waals surface area contributed by atoms with Crippen molar-refractivity contribution in [3.05, 3.63) is 23.8 Å². The Morgan fingerprint density at radius 1 is 1.44 bits per heavy atom. The highest BCUT2D eigenvalue weighted by Gasteiger charge is 2.16. The summed E-state index contributed by atoms with van der Waals surface area (Å²) >= 11 is 1.52. The lowest BCUT2D eigenvalue weighted by Crippen LogP contribution is -2.05. The van der Waals surface area contributed by atoms with Gasteiger partial charge in [0.2, 0.25) is 0 Å². The molecule has 0 aliphatic heterocycles. The minimum atomic E-state index is -0.928. The third-order valence-electron chi connectivity index (χ3n) is 1.96. The lowest BCUT2D eigenvalue weighted by Gasteiger charge is -2.11. The van der Waals surface area contributed by atoms with Crippen molar-refractivity contribution in [1.29, 1.82) is 0 Å². The maximum absolute atomic E-state index is 11.2. The summed E-state index contributed by atoms with van der Waals surface area (Å²) in [6.45, 7) is 4.53. The van der Waals surface area contributed by atoms with Gasteiger partial charge in [0.25, 0.3) is 0 Å². The third kappa shape index (κ3) is 3.17. The van der Waals surface area contributed by atoms with E-state index in [1.54, 1.807) is 6.07 Å². The topological polar surface area (TPSA) is 46.5 Å². The summed E-state index contributed by atoms with van der Waals surface area (Å²) in [6.07, 6.45) is 0.865. The normalized spacial score (nSPS) is 10.1. The van der Waals surface area contributed by atoms with Gasteiger partial charge in [-0.1, -0.05) is 19.9 Å². The molecule has 1 aromatic rings. The zero-order chi connectivity index (χ0) is 12.0. The van der Waals surface area contributed by atoms with Crippen molar-refractivity contribution in [2.24, 2.45) is 0 Å². The Morgan fingerprint density at radius 2 is 2.19 bits per heavy atom. The fourth-order valence-electron chi connectivity index (χ4n) is 1.33. The standard InChI is InChI=1S/C12H16O3S/c1-3-8-15-9-6-5-7-10(16-4-2)11(9)12(13)14/h5-7H,3-4,8H2,1-2H3,(H,13,14). The summed E-state index contributed by atoms with van der Waals surface area (Å²) in [4.78, 5) is 12.0. The van der Waals surface area contributed by atoms with Crippen LogP contribution in [0.2, 0.25) is 0 Å². The lowest BCUT2D eigenvalue weighted by atomic mass is 10.2. The molecule has 0 spiro atoms. The van der Waals surface area contributed by atoms with Crippen LogP contribution in [-0.4, -0.2) is 23.4 Å². The van der Waals surface area contributed by atoms with Crippen LogP contribution in [0, 0.1) is 0 Å². The maximum atomic E-state index is 11.2. The fourth-order valence-corrected chi connectivity index (χ4v) is 2.15. The zero-order valence-electron chi connectivity index (χ0n) is 9.53. The van der Waals surface area contributed by atoms with Crippen molar-refractivity contribution in [2.75, 3.05) is 12.4 Å². The number of thioether (sulfide) groups is 1. The van der Waals surface area contributed by atoms with Crippen LogP contribution in [0.25, 0.3) is 0 Å². The largest absolute Gasteiger partial charge is 0.493 e. The van der Waals surface area contributed by atoms with E-state index in [0.717, 1.165) is 17.1 Å². The molecule has 0 unspecified atom stereocenters. The van der Waals surface area contributed by atoms with E-state index in [1.807, 2.05) is 26.0 Å². The van der Waals surface area contributed by atoms with Gasteiger partial charge < -0.3 is 9.84 Å². The van der Waals surface area contributed by atoms with Crippen molar-refractivity contribution in [3.63, 3.8) is 0 Å². The van der Waals surface area contributed by atoms with E-state index in [0.29, 0.717) is 12.4 Å². The SMILES string of the molecule is CCCOc1cccc(SCC)c1C(=O)O. The zero-order valence-corrected chi connectivity index (χ0v) is 10.3. The number of hydrogen-bond donors (Lipinski definition) is 1. The Bertz CT molecular complexity index is 363. The minimum Gasteiger partial charge on any atom is -0.493 e. The molecular weight excluding hydrogens is 224 g/mol. The number of carboxylic acid groups (broad SMARTS) is 1. The molecule has 0 aromatic heterocycles. The Labute approximate surface area is 99.8 Å². The maximum Gasteiger partial charge on any atom is 0.340 e. The van der Waals surface area contributed by atoms with Crippen molar-refractivity contribution in [2.45, 2.75) is 25.2 Å². The second-order valence-corrected chi connectivity index (χ2v) is 4.52. The predicted molar refractivity (Wildman–Crippen MR) is 65.6 cm³/mol. The Kier molecular flexibility index (Phi) is 5.19. The number of carboxylic acids is 1. The van der Waals surface area contributed by atoms with E-state index in [-0.39, 0.29) is 5.56 Å². The first kappa shape index (κ1) is 12.9. The molecule has 0 atom stereocenters. The summed E-state index contributed by atoms with van der Waals surface area (Å²) in [5.74, 6) is 0.382. The van der Waals surface area contributed by atoms with Crippen LogP contribution in [0.5, 0.6) is 5.75 Å². The van der Waals surface area contributed by atoms with Crippen LogP contribution in [-0.2, 0) is 0 Å². The van der Waals surface area contributed by atoms with Crippen LogP contribution >= 0.6 is 11.8 Å². The average Bonchev–Trinajstić information content (AvgIpc) is 2.26. The average molecular weight is 240 g/mol. The van der Waals surface area contributed by atoms with E-state index < -0.39 is 5.97 Å².